The van der Waals surface area contributed by atoms with Gasteiger partial charge in [0.1, 0.15) is 5.82 Å². The predicted molar refractivity (Wildman–Crippen MR) is 45.4 cm³/mol. The molecule has 0 aliphatic carbocycles. The Balaban J connectivity index is 2.87. The van der Waals surface area contributed by atoms with Gasteiger partial charge < -0.3 is 0 Å². The first kappa shape index (κ1) is 6.80. The van der Waals surface area contributed by atoms with Gasteiger partial charge in [0.05, 0.1) is 0 Å². The molecule has 1 radical (unpaired) electrons. The van der Waals surface area contributed by atoms with E-state index in [9.17, 15) is 4.39 Å². The third-order valence-electron chi connectivity index (χ3n) is 1.66. The Morgan fingerprint density at radius 2 is 2.27 bits per heavy atom. The van der Waals surface area contributed by atoms with Gasteiger partial charge in [0, 0.05) is 10.1 Å². The fraction of sp³-hybridized carbons (Fsp3) is 0.111. The third kappa shape index (κ3) is 1.03. The number of benzene rings is 1. The number of hydrogen-bond donors (Lipinski definition) is 0. The summed E-state index contributed by atoms with van der Waals surface area (Å²) in [5, 5.41) is 4.06. The monoisotopic (exact) mass is 165 g/mol. The summed E-state index contributed by atoms with van der Waals surface area (Å²) < 4.78 is 13.8. The molecule has 0 saturated carbocycles. The molecule has 0 aliphatic rings. The molecular weight excluding hydrogens is 159 g/mol. The van der Waals surface area contributed by atoms with Crippen molar-refractivity contribution in [2.45, 2.75) is 6.92 Å². The Morgan fingerprint density at radius 1 is 1.45 bits per heavy atom. The van der Waals surface area contributed by atoms with Crippen LogP contribution < -0.4 is 0 Å². The molecule has 0 fully saturated rings. The van der Waals surface area contributed by atoms with Crippen LogP contribution >= 0.6 is 11.3 Å². The van der Waals surface area contributed by atoms with Crippen LogP contribution in [0.4, 0.5) is 4.39 Å². The lowest BCUT2D eigenvalue weighted by Crippen LogP contribution is -1.71. The quantitative estimate of drug-likeness (QED) is 0.562. The minimum absolute atomic E-state index is 0.174. The average Bonchev–Trinajstić information content (AvgIpc) is 2.33. The van der Waals surface area contributed by atoms with Crippen molar-refractivity contribution >= 4 is 21.4 Å². The van der Waals surface area contributed by atoms with Crippen LogP contribution in [0.3, 0.4) is 0 Å². The van der Waals surface area contributed by atoms with Crippen molar-refractivity contribution in [1.82, 2.24) is 0 Å². The van der Waals surface area contributed by atoms with Crippen LogP contribution in [-0.2, 0) is 0 Å². The van der Waals surface area contributed by atoms with E-state index in [1.165, 1.54) is 17.4 Å². The minimum Gasteiger partial charge on any atom is -0.207 e. The Bertz CT molecular complexity index is 389. The molecule has 2 rings (SSSR count). The lowest BCUT2D eigenvalue weighted by Gasteiger charge is -1.90. The highest BCUT2D eigenvalue weighted by Gasteiger charge is 2.00. The van der Waals surface area contributed by atoms with E-state index in [1.807, 2.05) is 6.92 Å². The van der Waals surface area contributed by atoms with Crippen LogP contribution in [0.1, 0.15) is 5.56 Å². The van der Waals surface area contributed by atoms with Crippen molar-refractivity contribution in [1.29, 1.82) is 0 Å². The van der Waals surface area contributed by atoms with Gasteiger partial charge in [-0.25, -0.2) is 4.39 Å². The second-order valence-corrected chi connectivity index (χ2v) is 3.32. The summed E-state index contributed by atoms with van der Waals surface area (Å²) in [6.45, 7) is 1.94. The molecule has 11 heavy (non-hydrogen) atoms. The van der Waals surface area contributed by atoms with E-state index in [0.717, 1.165) is 15.6 Å². The molecule has 0 aliphatic heterocycles. The molecule has 0 bridgehead atoms. The highest BCUT2D eigenvalue weighted by molar-refractivity contribution is 7.16. The number of fused-ring (bicyclic) bond motifs is 1. The van der Waals surface area contributed by atoms with Crippen LogP contribution in [0.2, 0.25) is 0 Å². The Hall–Kier alpha value is -0.890. The summed E-state index contributed by atoms with van der Waals surface area (Å²) in [7, 11) is 0. The van der Waals surface area contributed by atoms with Crippen molar-refractivity contribution < 1.29 is 4.39 Å². The molecule has 0 nitrogen and oxygen atoms in total. The van der Waals surface area contributed by atoms with E-state index >= 15 is 0 Å². The standard InChI is InChI=1S/C9H6FS/c1-6-5-11-9-3-2-7(10)4-8(6)9/h2-4H,1H3. The maximum Gasteiger partial charge on any atom is 0.123 e. The second-order valence-electron chi connectivity index (χ2n) is 2.47. The average molecular weight is 165 g/mol. The van der Waals surface area contributed by atoms with Crippen LogP contribution in [-0.4, -0.2) is 0 Å². The summed E-state index contributed by atoms with van der Waals surface area (Å²) >= 11 is 1.53. The number of hydrogen-bond acceptors (Lipinski definition) is 1. The van der Waals surface area contributed by atoms with Gasteiger partial charge in [-0.1, -0.05) is 0 Å². The fourth-order valence-corrected chi connectivity index (χ4v) is 1.90. The van der Waals surface area contributed by atoms with Crippen LogP contribution in [0.25, 0.3) is 10.1 Å². The predicted octanol–water partition coefficient (Wildman–Crippen LogP) is 3.15. The van der Waals surface area contributed by atoms with Crippen molar-refractivity contribution in [2.24, 2.45) is 0 Å². The summed E-state index contributed by atoms with van der Waals surface area (Å²) in [4.78, 5) is 0. The van der Waals surface area contributed by atoms with Crippen molar-refractivity contribution in [3.63, 3.8) is 0 Å². The van der Waals surface area contributed by atoms with E-state index in [2.05, 4.69) is 5.38 Å². The Kier molecular flexibility index (Phi) is 1.43. The SMILES string of the molecule is Cc1[c]sc2ccc(F)cc12. The van der Waals surface area contributed by atoms with Gasteiger partial charge in [0.2, 0.25) is 0 Å². The van der Waals surface area contributed by atoms with Crippen molar-refractivity contribution in [2.75, 3.05) is 0 Å². The molecule has 0 saturated heterocycles. The fourth-order valence-electron chi connectivity index (χ4n) is 1.07. The van der Waals surface area contributed by atoms with Crippen LogP contribution in [0.15, 0.2) is 18.2 Å². The number of halogens is 1. The van der Waals surface area contributed by atoms with Gasteiger partial charge in [0.25, 0.3) is 0 Å². The zero-order valence-corrected chi connectivity index (χ0v) is 6.83. The van der Waals surface area contributed by atoms with E-state index in [4.69, 9.17) is 0 Å². The molecule has 0 amide bonds. The smallest absolute Gasteiger partial charge is 0.123 e. The lowest BCUT2D eigenvalue weighted by atomic mass is 10.2. The molecule has 55 valence electrons. The third-order valence-corrected chi connectivity index (χ3v) is 2.64. The van der Waals surface area contributed by atoms with Gasteiger partial charge in [-0.05, 0) is 36.1 Å². The molecule has 0 spiro atoms. The van der Waals surface area contributed by atoms with Gasteiger partial charge in [-0.15, -0.1) is 11.3 Å². The molecule has 0 unspecified atom stereocenters. The molecular formula is C9H6FS. The zero-order valence-electron chi connectivity index (χ0n) is 6.02. The second kappa shape index (κ2) is 2.31. The van der Waals surface area contributed by atoms with Crippen molar-refractivity contribution in [3.05, 3.63) is 35.0 Å². The largest absolute Gasteiger partial charge is 0.207 e. The van der Waals surface area contributed by atoms with Crippen molar-refractivity contribution in [3.8, 4) is 0 Å². The maximum absolute atomic E-state index is 12.7. The molecule has 0 N–H and O–H groups in total. The van der Waals surface area contributed by atoms with E-state index < -0.39 is 0 Å². The van der Waals surface area contributed by atoms with Gasteiger partial charge in [-0.2, -0.15) is 0 Å². The zero-order chi connectivity index (χ0) is 7.84. The highest BCUT2D eigenvalue weighted by Crippen LogP contribution is 2.24. The molecule has 2 aromatic rings. The maximum atomic E-state index is 12.7. The summed E-state index contributed by atoms with van der Waals surface area (Å²) in [5.41, 5.74) is 1.03. The lowest BCUT2D eigenvalue weighted by molar-refractivity contribution is 0.630. The first-order valence-electron chi connectivity index (χ1n) is 3.34. The first-order valence-corrected chi connectivity index (χ1v) is 4.15. The normalized spacial score (nSPS) is 10.7. The number of rotatable bonds is 0. The summed E-state index contributed by atoms with van der Waals surface area (Å²) in [6, 6.07) is 4.82. The van der Waals surface area contributed by atoms with Crippen LogP contribution in [0.5, 0.6) is 0 Å². The Labute approximate surface area is 68.3 Å². The van der Waals surface area contributed by atoms with Gasteiger partial charge in [0.15, 0.2) is 0 Å². The van der Waals surface area contributed by atoms with E-state index in [0.29, 0.717) is 0 Å². The van der Waals surface area contributed by atoms with E-state index in [1.54, 1.807) is 12.1 Å². The Morgan fingerprint density at radius 3 is 3.09 bits per heavy atom. The minimum atomic E-state index is -0.174. The van der Waals surface area contributed by atoms with Gasteiger partial charge in [-0.3, -0.25) is 0 Å². The number of aryl methyl sites for hydroxylation is 1. The summed E-state index contributed by atoms with van der Waals surface area (Å²) in [5.74, 6) is -0.174. The van der Waals surface area contributed by atoms with Gasteiger partial charge >= 0.3 is 0 Å². The molecule has 1 heterocycles. The highest BCUT2D eigenvalue weighted by atomic mass is 32.1. The topological polar surface area (TPSA) is 0 Å². The number of thiophene rings is 1. The molecule has 2 heteroatoms. The molecule has 0 atom stereocenters. The first-order chi connectivity index (χ1) is 5.27. The molecule has 1 aromatic carbocycles. The van der Waals surface area contributed by atoms with E-state index in [-0.39, 0.29) is 5.82 Å². The summed E-state index contributed by atoms with van der Waals surface area (Å²) in [6.07, 6.45) is 0. The van der Waals surface area contributed by atoms with Crippen LogP contribution in [0, 0.1) is 18.1 Å². The molecule has 1 aromatic heterocycles.